The molecule has 0 aliphatic carbocycles. The summed E-state index contributed by atoms with van der Waals surface area (Å²) in [7, 11) is 0. The second kappa shape index (κ2) is 2.55. The molecule has 5 heteroatoms. The first kappa shape index (κ1) is 7.72. The number of H-pyrrole nitrogens is 1. The highest BCUT2D eigenvalue weighted by molar-refractivity contribution is 5.87. The van der Waals surface area contributed by atoms with Gasteiger partial charge in [0.05, 0.1) is 5.52 Å². The Morgan fingerprint density at radius 1 is 1.46 bits per heavy atom. The second-order valence-electron chi connectivity index (χ2n) is 2.62. The molecule has 1 aromatic carbocycles. The van der Waals surface area contributed by atoms with Crippen molar-refractivity contribution in [3.63, 3.8) is 0 Å². The van der Waals surface area contributed by atoms with Gasteiger partial charge in [-0.1, -0.05) is 0 Å². The van der Waals surface area contributed by atoms with E-state index in [1.807, 2.05) is 0 Å². The normalized spacial score (nSPS) is 10.5. The molecule has 0 saturated carbocycles. The van der Waals surface area contributed by atoms with Crippen molar-refractivity contribution in [1.29, 1.82) is 0 Å². The van der Waals surface area contributed by atoms with Crippen LogP contribution in [0.15, 0.2) is 23.0 Å². The summed E-state index contributed by atoms with van der Waals surface area (Å²) >= 11 is 0. The van der Waals surface area contributed by atoms with E-state index >= 15 is 0 Å². The molecule has 0 aliphatic heterocycles. The number of nitrogens with zero attached hydrogens (tertiary/aromatic N) is 1. The van der Waals surface area contributed by atoms with Crippen LogP contribution in [0, 0.1) is 5.82 Å². The Bertz CT molecular complexity index is 520. The van der Waals surface area contributed by atoms with Crippen LogP contribution >= 0.6 is 0 Å². The van der Waals surface area contributed by atoms with Gasteiger partial charge >= 0.3 is 5.69 Å². The van der Waals surface area contributed by atoms with Crippen molar-refractivity contribution in [2.75, 3.05) is 5.73 Å². The van der Waals surface area contributed by atoms with Gasteiger partial charge < -0.3 is 10.7 Å². The summed E-state index contributed by atoms with van der Waals surface area (Å²) in [6.45, 7) is 0. The van der Waals surface area contributed by atoms with Crippen molar-refractivity contribution < 1.29 is 4.39 Å². The summed E-state index contributed by atoms with van der Waals surface area (Å²) in [6.07, 6.45) is 0. The lowest BCUT2D eigenvalue weighted by atomic mass is 10.2. The van der Waals surface area contributed by atoms with Crippen molar-refractivity contribution in [2.45, 2.75) is 0 Å². The van der Waals surface area contributed by atoms with E-state index in [0.717, 1.165) is 0 Å². The van der Waals surface area contributed by atoms with Crippen LogP contribution < -0.4 is 11.4 Å². The zero-order valence-electron chi connectivity index (χ0n) is 6.54. The number of hydrogen-bond acceptors (Lipinski definition) is 3. The van der Waals surface area contributed by atoms with Crippen molar-refractivity contribution in [1.82, 2.24) is 9.97 Å². The lowest BCUT2D eigenvalue weighted by molar-refractivity contribution is 0.629. The number of benzene rings is 1. The Morgan fingerprint density at radius 2 is 2.23 bits per heavy atom. The molecule has 0 amide bonds. The van der Waals surface area contributed by atoms with Gasteiger partial charge in [-0.2, -0.15) is 4.98 Å². The average Bonchev–Trinajstić information content (AvgIpc) is 2.06. The highest BCUT2D eigenvalue weighted by atomic mass is 19.1. The summed E-state index contributed by atoms with van der Waals surface area (Å²) < 4.78 is 12.7. The van der Waals surface area contributed by atoms with E-state index in [9.17, 15) is 9.18 Å². The van der Waals surface area contributed by atoms with Gasteiger partial charge in [-0.05, 0) is 18.2 Å². The van der Waals surface area contributed by atoms with Gasteiger partial charge in [0.1, 0.15) is 11.6 Å². The number of anilines is 1. The van der Waals surface area contributed by atoms with Crippen LogP contribution in [0.1, 0.15) is 0 Å². The predicted molar refractivity (Wildman–Crippen MR) is 46.7 cm³/mol. The third-order valence-electron chi connectivity index (χ3n) is 1.72. The van der Waals surface area contributed by atoms with Crippen molar-refractivity contribution in [3.05, 3.63) is 34.5 Å². The van der Waals surface area contributed by atoms with Gasteiger partial charge in [-0.25, -0.2) is 9.18 Å². The fraction of sp³-hybridized carbons (Fsp3) is 0. The fourth-order valence-electron chi connectivity index (χ4n) is 1.15. The first-order valence-electron chi connectivity index (χ1n) is 3.62. The number of fused-ring (bicyclic) bond motifs is 1. The molecular formula is C8H6FN3O. The maximum absolute atomic E-state index is 12.7. The van der Waals surface area contributed by atoms with Gasteiger partial charge in [0.2, 0.25) is 0 Å². The topological polar surface area (TPSA) is 71.8 Å². The standard InChI is InChI=1S/C8H6FN3O/c9-4-1-2-6-5(3-4)7(10)12-8(13)11-6/h1-3H,(H3,10,11,12,13). The van der Waals surface area contributed by atoms with Crippen LogP contribution in [0.2, 0.25) is 0 Å². The molecule has 2 rings (SSSR count). The molecule has 1 aromatic heterocycles. The Labute approximate surface area is 72.2 Å². The number of rotatable bonds is 0. The third-order valence-corrected chi connectivity index (χ3v) is 1.72. The first-order chi connectivity index (χ1) is 6.16. The van der Waals surface area contributed by atoms with E-state index in [1.165, 1.54) is 18.2 Å². The third kappa shape index (κ3) is 1.24. The molecule has 2 aromatic rings. The number of halogens is 1. The number of hydrogen-bond donors (Lipinski definition) is 2. The van der Waals surface area contributed by atoms with Gasteiger partial charge in [-0.3, -0.25) is 0 Å². The van der Waals surface area contributed by atoms with Gasteiger partial charge in [0.25, 0.3) is 0 Å². The average molecular weight is 179 g/mol. The Kier molecular flexibility index (Phi) is 1.51. The Hall–Kier alpha value is -1.91. The van der Waals surface area contributed by atoms with Crippen LogP contribution in [-0.4, -0.2) is 9.97 Å². The molecule has 3 N–H and O–H groups in total. The molecule has 0 fully saturated rings. The molecule has 0 radical (unpaired) electrons. The first-order valence-corrected chi connectivity index (χ1v) is 3.62. The molecule has 13 heavy (non-hydrogen) atoms. The van der Waals surface area contributed by atoms with Crippen molar-refractivity contribution >= 4 is 16.7 Å². The Balaban J connectivity index is 2.95. The van der Waals surface area contributed by atoms with E-state index in [0.29, 0.717) is 10.9 Å². The SMILES string of the molecule is Nc1nc(=O)[nH]c2ccc(F)cc12. The molecule has 0 aliphatic rings. The monoisotopic (exact) mass is 179 g/mol. The van der Waals surface area contributed by atoms with Crippen LogP contribution in [0.4, 0.5) is 10.2 Å². The van der Waals surface area contributed by atoms with Crippen molar-refractivity contribution in [2.24, 2.45) is 0 Å². The van der Waals surface area contributed by atoms with Crippen LogP contribution in [0.3, 0.4) is 0 Å². The zero-order chi connectivity index (χ0) is 9.42. The molecule has 0 saturated heterocycles. The number of nitrogens with two attached hydrogens (primary N) is 1. The maximum atomic E-state index is 12.7. The predicted octanol–water partition coefficient (Wildman–Crippen LogP) is 0.644. The van der Waals surface area contributed by atoms with Crippen LogP contribution in [0.25, 0.3) is 10.9 Å². The quantitative estimate of drug-likeness (QED) is 0.623. The molecule has 0 bridgehead atoms. The largest absolute Gasteiger partial charge is 0.383 e. The van der Waals surface area contributed by atoms with E-state index in [2.05, 4.69) is 9.97 Å². The molecule has 4 nitrogen and oxygen atoms in total. The minimum absolute atomic E-state index is 0.0400. The number of aromatic amines is 1. The summed E-state index contributed by atoms with van der Waals surface area (Å²) in [4.78, 5) is 16.7. The fourth-order valence-corrected chi connectivity index (χ4v) is 1.15. The van der Waals surface area contributed by atoms with Gasteiger partial charge in [-0.15, -0.1) is 0 Å². The van der Waals surface area contributed by atoms with E-state index in [-0.39, 0.29) is 5.82 Å². The number of nitrogens with one attached hydrogen (secondary N) is 1. The lowest BCUT2D eigenvalue weighted by Crippen LogP contribution is -2.12. The summed E-state index contributed by atoms with van der Waals surface area (Å²) in [5.74, 6) is -0.369. The molecule has 0 spiro atoms. The Morgan fingerprint density at radius 3 is 3.00 bits per heavy atom. The van der Waals surface area contributed by atoms with Crippen LogP contribution in [-0.2, 0) is 0 Å². The molecule has 66 valence electrons. The summed E-state index contributed by atoms with van der Waals surface area (Å²) in [5, 5.41) is 0.416. The highest BCUT2D eigenvalue weighted by Crippen LogP contribution is 2.15. The van der Waals surface area contributed by atoms with E-state index in [4.69, 9.17) is 5.73 Å². The number of nitrogen functional groups attached to an aromatic ring is 1. The van der Waals surface area contributed by atoms with Crippen molar-refractivity contribution in [3.8, 4) is 0 Å². The zero-order valence-corrected chi connectivity index (χ0v) is 6.54. The molecular weight excluding hydrogens is 173 g/mol. The van der Waals surface area contributed by atoms with E-state index < -0.39 is 11.5 Å². The van der Waals surface area contributed by atoms with Crippen LogP contribution in [0.5, 0.6) is 0 Å². The molecule has 0 atom stereocenters. The van der Waals surface area contributed by atoms with Gasteiger partial charge in [0.15, 0.2) is 0 Å². The summed E-state index contributed by atoms with van der Waals surface area (Å²) in [6, 6.07) is 3.93. The minimum atomic E-state index is -0.531. The minimum Gasteiger partial charge on any atom is -0.383 e. The maximum Gasteiger partial charge on any atom is 0.347 e. The number of aromatic nitrogens is 2. The second-order valence-corrected chi connectivity index (χ2v) is 2.62. The smallest absolute Gasteiger partial charge is 0.347 e. The highest BCUT2D eigenvalue weighted by Gasteiger charge is 2.01. The van der Waals surface area contributed by atoms with E-state index in [1.54, 1.807) is 0 Å². The molecule has 1 heterocycles. The molecule has 0 unspecified atom stereocenters. The van der Waals surface area contributed by atoms with Gasteiger partial charge in [0, 0.05) is 5.39 Å². The lowest BCUT2D eigenvalue weighted by Gasteiger charge is -1.99. The summed E-state index contributed by atoms with van der Waals surface area (Å²) in [5.41, 5.74) is 5.38.